The first kappa shape index (κ1) is 17.5. The molecular formula is C20H21FN4O2. The molecule has 140 valence electrons. The van der Waals surface area contributed by atoms with Gasteiger partial charge in [-0.2, -0.15) is 5.10 Å². The maximum absolute atomic E-state index is 13.3. The van der Waals surface area contributed by atoms with Crippen LogP contribution in [0.1, 0.15) is 53.8 Å². The highest BCUT2D eigenvalue weighted by Crippen LogP contribution is 2.41. The van der Waals surface area contributed by atoms with Crippen molar-refractivity contribution in [2.45, 2.75) is 39.7 Å². The summed E-state index contributed by atoms with van der Waals surface area (Å²) in [5.74, 6) is 0.0390. The lowest BCUT2D eigenvalue weighted by Gasteiger charge is -2.35. The number of amides is 1. The van der Waals surface area contributed by atoms with Crippen molar-refractivity contribution in [3.8, 4) is 5.69 Å². The largest absolute Gasteiger partial charge is 0.361 e. The first-order valence-corrected chi connectivity index (χ1v) is 8.89. The van der Waals surface area contributed by atoms with Crippen molar-refractivity contribution in [3.05, 3.63) is 65.1 Å². The highest BCUT2D eigenvalue weighted by Gasteiger charge is 2.36. The molecule has 0 bridgehead atoms. The maximum Gasteiger partial charge on any atom is 0.273 e. The molecule has 1 aliphatic rings. The third-order valence-corrected chi connectivity index (χ3v) is 4.92. The zero-order valence-corrected chi connectivity index (χ0v) is 15.5. The molecule has 0 fully saturated rings. The maximum atomic E-state index is 13.3. The molecule has 1 atom stereocenters. The average Bonchev–Trinajstić information content (AvgIpc) is 3.21. The van der Waals surface area contributed by atoms with Crippen LogP contribution in [-0.2, 0) is 6.42 Å². The lowest BCUT2D eigenvalue weighted by molar-refractivity contribution is 0.0910. The third-order valence-electron chi connectivity index (χ3n) is 4.92. The van der Waals surface area contributed by atoms with Gasteiger partial charge in [-0.25, -0.2) is 9.07 Å². The molecule has 1 N–H and O–H groups in total. The fraction of sp³-hybridized carbons (Fsp3) is 0.350. The van der Waals surface area contributed by atoms with Crippen LogP contribution < -0.4 is 5.32 Å². The number of hydrogen-bond donors (Lipinski definition) is 1. The van der Waals surface area contributed by atoms with Crippen molar-refractivity contribution in [2.75, 3.05) is 0 Å². The molecule has 0 spiro atoms. The number of nitrogens with one attached hydrogen (secondary N) is 1. The summed E-state index contributed by atoms with van der Waals surface area (Å²) in [4.78, 5) is 12.6. The molecule has 6 nitrogen and oxygen atoms in total. The van der Waals surface area contributed by atoms with E-state index in [1.54, 1.807) is 31.3 Å². The summed E-state index contributed by atoms with van der Waals surface area (Å²) < 4.78 is 20.1. The van der Waals surface area contributed by atoms with E-state index in [9.17, 15) is 9.18 Å². The van der Waals surface area contributed by atoms with Gasteiger partial charge in [0.25, 0.3) is 5.91 Å². The first-order valence-electron chi connectivity index (χ1n) is 8.89. The SMILES string of the molecule is Cc1cc(C(=O)N[C@@H]2CC(C)(C)Cc3c2cnn3-c2ccc(F)cc2)no1. The zero-order valence-electron chi connectivity index (χ0n) is 15.5. The molecule has 2 aromatic heterocycles. The van der Waals surface area contributed by atoms with Crippen molar-refractivity contribution in [1.82, 2.24) is 20.3 Å². The molecule has 0 saturated carbocycles. The third kappa shape index (κ3) is 3.37. The molecule has 1 amide bonds. The first-order chi connectivity index (χ1) is 12.8. The highest BCUT2D eigenvalue weighted by molar-refractivity contribution is 5.92. The monoisotopic (exact) mass is 368 g/mol. The summed E-state index contributed by atoms with van der Waals surface area (Å²) in [5.41, 5.74) is 3.05. The Balaban J connectivity index is 1.68. The predicted octanol–water partition coefficient (Wildman–Crippen LogP) is 3.75. The smallest absolute Gasteiger partial charge is 0.273 e. The second kappa shape index (κ2) is 6.33. The molecule has 2 heterocycles. The van der Waals surface area contributed by atoms with Gasteiger partial charge in [0.2, 0.25) is 0 Å². The van der Waals surface area contributed by atoms with Gasteiger partial charge < -0.3 is 9.84 Å². The Hall–Kier alpha value is -2.96. The molecule has 7 heteroatoms. The van der Waals surface area contributed by atoms with E-state index in [-0.39, 0.29) is 28.9 Å². The molecular weight excluding hydrogens is 347 g/mol. The summed E-state index contributed by atoms with van der Waals surface area (Å²) in [6.45, 7) is 6.08. The number of carbonyl (C=O) groups is 1. The van der Waals surface area contributed by atoms with E-state index in [0.717, 1.165) is 29.8 Å². The van der Waals surface area contributed by atoms with E-state index in [2.05, 4.69) is 29.4 Å². The van der Waals surface area contributed by atoms with Gasteiger partial charge in [-0.3, -0.25) is 4.79 Å². The second-order valence-corrected chi connectivity index (χ2v) is 7.83. The minimum Gasteiger partial charge on any atom is -0.361 e. The number of fused-ring (bicyclic) bond motifs is 1. The Kier molecular flexibility index (Phi) is 4.09. The summed E-state index contributed by atoms with van der Waals surface area (Å²) in [6, 6.07) is 7.69. The lowest BCUT2D eigenvalue weighted by atomic mass is 9.74. The summed E-state index contributed by atoms with van der Waals surface area (Å²) in [7, 11) is 0. The normalized spacial score (nSPS) is 18.1. The van der Waals surface area contributed by atoms with Crippen molar-refractivity contribution in [3.63, 3.8) is 0 Å². The fourth-order valence-electron chi connectivity index (χ4n) is 3.68. The van der Waals surface area contributed by atoms with E-state index in [0.29, 0.717) is 5.76 Å². The van der Waals surface area contributed by atoms with Crippen molar-refractivity contribution in [1.29, 1.82) is 0 Å². The van der Waals surface area contributed by atoms with Gasteiger partial charge in [-0.15, -0.1) is 0 Å². The quantitative estimate of drug-likeness (QED) is 0.764. The molecule has 4 rings (SSSR count). The van der Waals surface area contributed by atoms with E-state index >= 15 is 0 Å². The number of hydrogen-bond acceptors (Lipinski definition) is 4. The van der Waals surface area contributed by atoms with Gasteiger partial charge in [-0.1, -0.05) is 19.0 Å². The topological polar surface area (TPSA) is 73.0 Å². The molecule has 1 aliphatic carbocycles. The van der Waals surface area contributed by atoms with Crippen LogP contribution in [0.15, 0.2) is 41.1 Å². The van der Waals surface area contributed by atoms with Crippen molar-refractivity contribution < 1.29 is 13.7 Å². The molecule has 0 radical (unpaired) electrons. The molecule has 3 aromatic rings. The van der Waals surface area contributed by atoms with Crippen LogP contribution in [0.25, 0.3) is 5.69 Å². The Morgan fingerprint density at radius 3 is 2.74 bits per heavy atom. The van der Waals surface area contributed by atoms with E-state index in [1.165, 1.54) is 12.1 Å². The minimum atomic E-state index is -0.284. The number of nitrogens with zero attached hydrogens (tertiary/aromatic N) is 3. The van der Waals surface area contributed by atoms with Gasteiger partial charge in [0.1, 0.15) is 11.6 Å². The Morgan fingerprint density at radius 1 is 1.33 bits per heavy atom. The molecule has 27 heavy (non-hydrogen) atoms. The van der Waals surface area contributed by atoms with Gasteiger partial charge >= 0.3 is 0 Å². The summed E-state index contributed by atoms with van der Waals surface area (Å²) in [6.07, 6.45) is 3.39. The fourth-order valence-corrected chi connectivity index (χ4v) is 3.68. The molecule has 0 unspecified atom stereocenters. The lowest BCUT2D eigenvalue weighted by Crippen LogP contribution is -2.36. The highest BCUT2D eigenvalue weighted by atomic mass is 19.1. The standard InChI is InChI=1S/C20H21FN4O2/c1-12-8-16(24-27-12)19(26)23-17-9-20(2,3)10-18-15(17)11-22-25(18)14-6-4-13(21)5-7-14/h4-8,11,17H,9-10H2,1-3H3,(H,23,26)/t17-/m1/s1. The Bertz CT molecular complexity index is 988. The minimum absolute atomic E-state index is 0.0253. The van der Waals surface area contributed by atoms with Crippen LogP contribution in [0, 0.1) is 18.2 Å². The van der Waals surface area contributed by atoms with Crippen LogP contribution in [-0.4, -0.2) is 20.8 Å². The second-order valence-electron chi connectivity index (χ2n) is 7.83. The number of halogens is 1. The zero-order chi connectivity index (χ0) is 19.2. The van der Waals surface area contributed by atoms with Gasteiger partial charge in [0.05, 0.1) is 23.6 Å². The van der Waals surface area contributed by atoms with Crippen LogP contribution in [0.5, 0.6) is 0 Å². The van der Waals surface area contributed by atoms with E-state index in [1.807, 2.05) is 4.68 Å². The summed E-state index contributed by atoms with van der Waals surface area (Å²) in [5, 5.41) is 11.4. The number of aryl methyl sites for hydroxylation is 1. The number of carbonyl (C=O) groups excluding carboxylic acids is 1. The van der Waals surface area contributed by atoms with Crippen LogP contribution in [0.2, 0.25) is 0 Å². The van der Waals surface area contributed by atoms with Gasteiger partial charge in [0.15, 0.2) is 5.69 Å². The van der Waals surface area contributed by atoms with Crippen LogP contribution >= 0.6 is 0 Å². The number of rotatable bonds is 3. The number of aromatic nitrogens is 3. The molecule has 1 aromatic carbocycles. The van der Waals surface area contributed by atoms with Crippen LogP contribution in [0.3, 0.4) is 0 Å². The Labute approximate surface area is 156 Å². The number of benzene rings is 1. The predicted molar refractivity (Wildman–Crippen MR) is 97.1 cm³/mol. The van der Waals surface area contributed by atoms with Crippen LogP contribution in [0.4, 0.5) is 4.39 Å². The van der Waals surface area contributed by atoms with E-state index in [4.69, 9.17) is 4.52 Å². The molecule has 0 saturated heterocycles. The average molecular weight is 368 g/mol. The van der Waals surface area contributed by atoms with Crippen molar-refractivity contribution in [2.24, 2.45) is 5.41 Å². The molecule has 0 aliphatic heterocycles. The Morgan fingerprint density at radius 2 is 2.07 bits per heavy atom. The van der Waals surface area contributed by atoms with Gasteiger partial charge in [-0.05, 0) is 49.4 Å². The van der Waals surface area contributed by atoms with E-state index < -0.39 is 0 Å². The summed E-state index contributed by atoms with van der Waals surface area (Å²) >= 11 is 0. The van der Waals surface area contributed by atoms with Crippen molar-refractivity contribution >= 4 is 5.91 Å². The van der Waals surface area contributed by atoms with Gasteiger partial charge in [0, 0.05) is 11.6 Å².